The Kier molecular flexibility index (Phi) is 4.35. The smallest absolute Gasteiger partial charge is 0.0814 e. The van der Waals surface area contributed by atoms with Crippen LogP contribution in [0.1, 0.15) is 26.5 Å². The molecule has 5 heteroatoms. The molecule has 1 heterocycles. The van der Waals surface area contributed by atoms with Gasteiger partial charge >= 0.3 is 0 Å². The van der Waals surface area contributed by atoms with Gasteiger partial charge in [0.25, 0.3) is 0 Å². The van der Waals surface area contributed by atoms with Crippen LogP contribution >= 0.6 is 11.6 Å². The van der Waals surface area contributed by atoms with Crippen molar-refractivity contribution in [2.24, 2.45) is 0 Å². The van der Waals surface area contributed by atoms with Gasteiger partial charge in [-0.15, -0.1) is 0 Å². The summed E-state index contributed by atoms with van der Waals surface area (Å²) in [7, 11) is 0. The molecule has 1 aromatic rings. The summed E-state index contributed by atoms with van der Waals surface area (Å²) in [6.07, 6.45) is 1.63. The van der Waals surface area contributed by atoms with E-state index in [0.29, 0.717) is 17.6 Å². The molecule has 0 spiro atoms. The van der Waals surface area contributed by atoms with Crippen molar-refractivity contribution < 1.29 is 5.11 Å². The largest absolute Gasteiger partial charge is 0.394 e. The van der Waals surface area contributed by atoms with Crippen LogP contribution in [0.4, 0.5) is 0 Å². The number of aliphatic hydroxyl groups excluding tert-OH is 1. The van der Waals surface area contributed by atoms with E-state index in [9.17, 15) is 5.11 Å². The third kappa shape index (κ3) is 3.20. The molecule has 2 N–H and O–H groups in total. The molecule has 0 saturated carbocycles. The average molecular weight is 246 g/mol. The van der Waals surface area contributed by atoms with Gasteiger partial charge in [-0.1, -0.05) is 25.4 Å². The van der Waals surface area contributed by atoms with E-state index in [1.165, 1.54) is 0 Å². The lowest BCUT2D eigenvalue weighted by Gasteiger charge is -2.31. The van der Waals surface area contributed by atoms with Crippen LogP contribution < -0.4 is 5.32 Å². The molecule has 0 saturated heterocycles. The third-order valence-corrected chi connectivity index (χ3v) is 2.90. The Morgan fingerprint density at radius 2 is 2.25 bits per heavy atom. The van der Waals surface area contributed by atoms with Crippen LogP contribution in [0.15, 0.2) is 6.20 Å². The van der Waals surface area contributed by atoms with E-state index in [2.05, 4.69) is 24.3 Å². The fourth-order valence-corrected chi connectivity index (χ4v) is 1.89. The predicted molar refractivity (Wildman–Crippen MR) is 65.7 cm³/mol. The molecule has 0 aliphatic heterocycles. The van der Waals surface area contributed by atoms with Crippen LogP contribution in [0.3, 0.4) is 0 Å². The van der Waals surface area contributed by atoms with E-state index >= 15 is 0 Å². The molecule has 0 aromatic carbocycles. The Balaban J connectivity index is 2.80. The Hall–Kier alpha value is -0.580. The van der Waals surface area contributed by atoms with Crippen molar-refractivity contribution in [2.45, 2.75) is 45.8 Å². The number of rotatable bonds is 5. The maximum Gasteiger partial charge on any atom is 0.0814 e. The van der Waals surface area contributed by atoms with Gasteiger partial charge in [0.1, 0.15) is 0 Å². The standard InChI is InChI=1S/C11H20ClN3O/c1-8(2)14-11(4,7-16)6-15-9(3)10(12)5-13-15/h5,8,14,16H,6-7H2,1-4H3. The zero-order valence-electron chi connectivity index (χ0n) is 10.3. The van der Waals surface area contributed by atoms with Crippen LogP contribution in [0, 0.1) is 6.92 Å². The molecule has 0 bridgehead atoms. The zero-order valence-corrected chi connectivity index (χ0v) is 11.0. The van der Waals surface area contributed by atoms with E-state index in [1.807, 2.05) is 18.5 Å². The first kappa shape index (κ1) is 13.5. The average Bonchev–Trinajstić information content (AvgIpc) is 2.48. The molecular formula is C11H20ClN3O. The molecule has 0 fully saturated rings. The van der Waals surface area contributed by atoms with Crippen LogP contribution in [-0.4, -0.2) is 33.1 Å². The number of nitrogens with one attached hydrogen (secondary N) is 1. The van der Waals surface area contributed by atoms with E-state index < -0.39 is 0 Å². The molecule has 4 nitrogen and oxygen atoms in total. The van der Waals surface area contributed by atoms with Gasteiger partial charge in [-0.2, -0.15) is 5.10 Å². The van der Waals surface area contributed by atoms with Gasteiger partial charge in [0.05, 0.1) is 35.6 Å². The third-order valence-electron chi connectivity index (χ3n) is 2.53. The molecule has 1 atom stereocenters. The Morgan fingerprint density at radius 1 is 1.62 bits per heavy atom. The minimum absolute atomic E-state index is 0.0576. The lowest BCUT2D eigenvalue weighted by Crippen LogP contribution is -2.52. The van der Waals surface area contributed by atoms with Crippen LogP contribution in [0.25, 0.3) is 0 Å². The highest BCUT2D eigenvalue weighted by molar-refractivity contribution is 6.31. The normalized spacial score (nSPS) is 15.4. The summed E-state index contributed by atoms with van der Waals surface area (Å²) >= 11 is 5.94. The second-order valence-corrected chi connectivity index (χ2v) is 5.16. The minimum atomic E-state index is -0.381. The first-order valence-electron chi connectivity index (χ1n) is 5.44. The fraction of sp³-hybridized carbons (Fsp3) is 0.727. The van der Waals surface area contributed by atoms with E-state index in [1.54, 1.807) is 6.20 Å². The van der Waals surface area contributed by atoms with Gasteiger partial charge in [0, 0.05) is 6.04 Å². The highest BCUT2D eigenvalue weighted by atomic mass is 35.5. The molecule has 92 valence electrons. The lowest BCUT2D eigenvalue weighted by molar-refractivity contribution is 0.144. The number of hydrogen-bond acceptors (Lipinski definition) is 3. The van der Waals surface area contributed by atoms with E-state index in [0.717, 1.165) is 5.69 Å². The highest BCUT2D eigenvalue weighted by Gasteiger charge is 2.25. The molecule has 0 radical (unpaired) electrons. The topological polar surface area (TPSA) is 50.1 Å². The summed E-state index contributed by atoms with van der Waals surface area (Å²) in [6.45, 7) is 8.65. The second-order valence-electron chi connectivity index (χ2n) is 4.75. The summed E-state index contributed by atoms with van der Waals surface area (Å²) in [6, 6.07) is 0.309. The number of halogens is 1. The van der Waals surface area contributed by atoms with Crippen molar-refractivity contribution in [3.05, 3.63) is 16.9 Å². The highest BCUT2D eigenvalue weighted by Crippen LogP contribution is 2.16. The molecule has 0 aliphatic rings. The monoisotopic (exact) mass is 245 g/mol. The number of aromatic nitrogens is 2. The summed E-state index contributed by atoms with van der Waals surface area (Å²) in [5, 5.41) is 17.6. The number of aliphatic hydroxyl groups is 1. The van der Waals surface area contributed by atoms with Crippen LogP contribution in [0.2, 0.25) is 5.02 Å². The van der Waals surface area contributed by atoms with Crippen molar-refractivity contribution >= 4 is 11.6 Å². The zero-order chi connectivity index (χ0) is 12.3. The molecule has 0 aliphatic carbocycles. The SMILES string of the molecule is Cc1c(Cl)cnn1CC(C)(CO)NC(C)C. The van der Waals surface area contributed by atoms with Gasteiger partial charge in [-0.25, -0.2) is 0 Å². The van der Waals surface area contributed by atoms with Crippen molar-refractivity contribution in [3.8, 4) is 0 Å². The van der Waals surface area contributed by atoms with Gasteiger partial charge in [0.2, 0.25) is 0 Å². The maximum absolute atomic E-state index is 9.46. The van der Waals surface area contributed by atoms with Crippen molar-refractivity contribution in [2.75, 3.05) is 6.61 Å². The summed E-state index contributed by atoms with van der Waals surface area (Å²) < 4.78 is 1.81. The first-order valence-corrected chi connectivity index (χ1v) is 5.82. The Bertz CT molecular complexity index is 351. The molecule has 1 rings (SSSR count). The summed E-state index contributed by atoms with van der Waals surface area (Å²) in [5.41, 5.74) is 0.542. The number of nitrogens with zero attached hydrogens (tertiary/aromatic N) is 2. The van der Waals surface area contributed by atoms with E-state index in [-0.39, 0.29) is 12.1 Å². The van der Waals surface area contributed by atoms with E-state index in [4.69, 9.17) is 11.6 Å². The molecule has 16 heavy (non-hydrogen) atoms. The molecule has 1 unspecified atom stereocenters. The Morgan fingerprint density at radius 3 is 2.62 bits per heavy atom. The van der Waals surface area contributed by atoms with Gasteiger partial charge in [0.15, 0.2) is 0 Å². The van der Waals surface area contributed by atoms with Crippen LogP contribution in [0.5, 0.6) is 0 Å². The molecule has 1 aromatic heterocycles. The summed E-state index contributed by atoms with van der Waals surface area (Å²) in [4.78, 5) is 0. The predicted octanol–water partition coefficient (Wildman–Crippen LogP) is 1.59. The Labute approximate surface area is 102 Å². The van der Waals surface area contributed by atoms with Crippen molar-refractivity contribution in [1.29, 1.82) is 0 Å². The van der Waals surface area contributed by atoms with Gasteiger partial charge in [-0.3, -0.25) is 4.68 Å². The first-order chi connectivity index (χ1) is 7.38. The van der Waals surface area contributed by atoms with Crippen LogP contribution in [-0.2, 0) is 6.54 Å². The van der Waals surface area contributed by atoms with Gasteiger partial charge < -0.3 is 10.4 Å². The summed E-state index contributed by atoms with van der Waals surface area (Å²) in [5.74, 6) is 0. The lowest BCUT2D eigenvalue weighted by atomic mass is 10.0. The quantitative estimate of drug-likeness (QED) is 0.829. The minimum Gasteiger partial charge on any atom is -0.394 e. The van der Waals surface area contributed by atoms with Crippen molar-refractivity contribution in [1.82, 2.24) is 15.1 Å². The fourth-order valence-electron chi connectivity index (χ4n) is 1.75. The second kappa shape index (κ2) is 5.17. The van der Waals surface area contributed by atoms with Gasteiger partial charge in [-0.05, 0) is 13.8 Å². The number of hydrogen-bond donors (Lipinski definition) is 2. The molecule has 0 amide bonds. The molecular weight excluding hydrogens is 226 g/mol. The van der Waals surface area contributed by atoms with Crippen molar-refractivity contribution in [3.63, 3.8) is 0 Å². The maximum atomic E-state index is 9.46.